The number of anilines is 1. The van der Waals surface area contributed by atoms with E-state index in [0.717, 1.165) is 28.1 Å². The Labute approximate surface area is 114 Å². The minimum atomic E-state index is -0.272. The third-order valence-corrected chi connectivity index (χ3v) is 3.04. The van der Waals surface area contributed by atoms with Gasteiger partial charge in [0.15, 0.2) is 5.96 Å². The number of aryl methyl sites for hydroxylation is 2. The number of hydrogen-bond donors (Lipinski definition) is 2. The molecule has 1 rings (SSSR count). The van der Waals surface area contributed by atoms with E-state index in [4.69, 9.17) is 11.1 Å². The van der Waals surface area contributed by atoms with Crippen LogP contribution in [0.2, 0.25) is 0 Å². The fourth-order valence-electron chi connectivity index (χ4n) is 2.04. The number of benzene rings is 1. The highest BCUT2D eigenvalue weighted by molar-refractivity contribution is 6.02. The number of carbonyl (C=O) groups excluding carboxylic acids is 1. The van der Waals surface area contributed by atoms with E-state index in [1.165, 1.54) is 7.05 Å². The molecule has 104 valence electrons. The van der Waals surface area contributed by atoms with E-state index in [-0.39, 0.29) is 12.0 Å². The number of guanidine groups is 1. The van der Waals surface area contributed by atoms with Crippen molar-refractivity contribution in [3.63, 3.8) is 0 Å². The first-order valence-electron chi connectivity index (χ1n) is 6.35. The molecule has 0 fully saturated rings. The summed E-state index contributed by atoms with van der Waals surface area (Å²) in [5.41, 5.74) is 8.37. The van der Waals surface area contributed by atoms with Crippen LogP contribution >= 0.6 is 0 Å². The summed E-state index contributed by atoms with van der Waals surface area (Å²) in [6.07, 6.45) is 0.839. The first kappa shape index (κ1) is 15.0. The van der Waals surface area contributed by atoms with Crippen LogP contribution in [-0.2, 0) is 0 Å². The van der Waals surface area contributed by atoms with Gasteiger partial charge in [-0.3, -0.25) is 15.2 Å². The van der Waals surface area contributed by atoms with Crippen LogP contribution in [0.4, 0.5) is 10.5 Å². The molecule has 0 atom stereocenters. The number of nitrogens with one attached hydrogen (secondary N) is 1. The van der Waals surface area contributed by atoms with Gasteiger partial charge in [0, 0.05) is 13.6 Å². The van der Waals surface area contributed by atoms with Gasteiger partial charge in [-0.2, -0.15) is 0 Å². The summed E-state index contributed by atoms with van der Waals surface area (Å²) in [7, 11) is 1.51. The number of rotatable bonds is 3. The first-order chi connectivity index (χ1) is 8.90. The van der Waals surface area contributed by atoms with E-state index >= 15 is 0 Å². The van der Waals surface area contributed by atoms with Crippen molar-refractivity contribution in [2.75, 3.05) is 18.5 Å². The lowest BCUT2D eigenvalue weighted by molar-refractivity contribution is 0.232. The molecule has 0 unspecified atom stereocenters. The summed E-state index contributed by atoms with van der Waals surface area (Å²) in [5.74, 6) is -0.252. The highest BCUT2D eigenvalue weighted by Gasteiger charge is 2.23. The molecule has 5 nitrogen and oxygen atoms in total. The van der Waals surface area contributed by atoms with E-state index in [0.29, 0.717) is 6.54 Å². The molecule has 0 heterocycles. The molecule has 0 aromatic heterocycles. The molecule has 19 heavy (non-hydrogen) atoms. The minimum absolute atomic E-state index is 0.252. The number of hydrogen-bond acceptors (Lipinski definition) is 2. The van der Waals surface area contributed by atoms with Gasteiger partial charge in [0.25, 0.3) is 0 Å². The van der Waals surface area contributed by atoms with Crippen molar-refractivity contribution < 1.29 is 4.79 Å². The van der Waals surface area contributed by atoms with Crippen LogP contribution in [0.25, 0.3) is 0 Å². The lowest BCUT2D eigenvalue weighted by Gasteiger charge is -2.29. The number of urea groups is 1. The van der Waals surface area contributed by atoms with E-state index < -0.39 is 0 Å². The van der Waals surface area contributed by atoms with E-state index in [9.17, 15) is 4.79 Å². The van der Waals surface area contributed by atoms with E-state index in [2.05, 4.69) is 0 Å². The van der Waals surface area contributed by atoms with Gasteiger partial charge in [-0.25, -0.2) is 4.79 Å². The topological polar surface area (TPSA) is 73.4 Å². The van der Waals surface area contributed by atoms with Gasteiger partial charge in [-0.1, -0.05) is 25.1 Å². The fraction of sp³-hybridized carbons (Fsp3) is 0.429. The number of carbonyl (C=O) groups is 1. The Morgan fingerprint density at radius 2 is 1.84 bits per heavy atom. The van der Waals surface area contributed by atoms with Crippen LogP contribution < -0.4 is 10.6 Å². The molecule has 0 aliphatic rings. The van der Waals surface area contributed by atoms with Crippen LogP contribution in [0.5, 0.6) is 0 Å². The Kier molecular flexibility index (Phi) is 4.92. The van der Waals surface area contributed by atoms with Gasteiger partial charge in [0.05, 0.1) is 5.69 Å². The van der Waals surface area contributed by atoms with Crippen LogP contribution in [0.3, 0.4) is 0 Å². The maximum Gasteiger partial charge on any atom is 0.331 e. The summed E-state index contributed by atoms with van der Waals surface area (Å²) in [5, 5.41) is 7.38. The quantitative estimate of drug-likeness (QED) is 0.648. The third kappa shape index (κ3) is 3.24. The highest BCUT2D eigenvalue weighted by Crippen LogP contribution is 2.25. The van der Waals surface area contributed by atoms with Crippen molar-refractivity contribution >= 4 is 17.7 Å². The van der Waals surface area contributed by atoms with Crippen molar-refractivity contribution in [3.8, 4) is 0 Å². The van der Waals surface area contributed by atoms with Crippen LogP contribution in [-0.4, -0.2) is 30.5 Å². The molecule has 0 saturated heterocycles. The Morgan fingerprint density at radius 1 is 1.32 bits per heavy atom. The lowest BCUT2D eigenvalue weighted by atomic mass is 10.1. The number of amides is 2. The maximum atomic E-state index is 12.4. The summed E-state index contributed by atoms with van der Waals surface area (Å²) in [6.45, 7) is 6.57. The van der Waals surface area contributed by atoms with Crippen molar-refractivity contribution in [2.45, 2.75) is 27.2 Å². The molecule has 0 bridgehead atoms. The summed E-state index contributed by atoms with van der Waals surface area (Å²) in [4.78, 5) is 15.3. The molecule has 0 aliphatic heterocycles. The Balaban J connectivity index is 3.21. The van der Waals surface area contributed by atoms with Gasteiger partial charge < -0.3 is 5.73 Å². The lowest BCUT2D eigenvalue weighted by Crippen LogP contribution is -2.47. The molecule has 0 saturated carbocycles. The van der Waals surface area contributed by atoms with E-state index in [1.54, 1.807) is 4.90 Å². The highest BCUT2D eigenvalue weighted by atomic mass is 16.2. The van der Waals surface area contributed by atoms with Gasteiger partial charge in [-0.15, -0.1) is 0 Å². The number of nitrogens with zero attached hydrogens (tertiary/aromatic N) is 2. The zero-order valence-corrected chi connectivity index (χ0v) is 12.0. The van der Waals surface area contributed by atoms with Crippen molar-refractivity contribution in [2.24, 2.45) is 5.73 Å². The molecule has 1 aromatic carbocycles. The van der Waals surface area contributed by atoms with Crippen molar-refractivity contribution in [1.82, 2.24) is 4.90 Å². The summed E-state index contributed by atoms with van der Waals surface area (Å²) in [6, 6.07) is 5.65. The molecule has 0 spiro atoms. The van der Waals surface area contributed by atoms with Crippen LogP contribution in [0.1, 0.15) is 24.5 Å². The summed E-state index contributed by atoms with van der Waals surface area (Å²) >= 11 is 0. The molecular weight excluding hydrogens is 240 g/mol. The van der Waals surface area contributed by atoms with Gasteiger partial charge in [0.2, 0.25) is 0 Å². The Bertz CT molecular complexity index is 464. The van der Waals surface area contributed by atoms with Crippen molar-refractivity contribution in [1.29, 1.82) is 5.41 Å². The molecule has 1 aromatic rings. The van der Waals surface area contributed by atoms with Gasteiger partial charge >= 0.3 is 6.03 Å². The molecule has 0 aliphatic carbocycles. The molecule has 2 amide bonds. The van der Waals surface area contributed by atoms with Crippen LogP contribution in [0, 0.1) is 19.3 Å². The van der Waals surface area contributed by atoms with E-state index in [1.807, 2.05) is 39.0 Å². The maximum absolute atomic E-state index is 12.4. The van der Waals surface area contributed by atoms with Gasteiger partial charge in [-0.05, 0) is 31.4 Å². The van der Waals surface area contributed by atoms with Crippen LogP contribution in [0.15, 0.2) is 18.2 Å². The molecule has 3 N–H and O–H groups in total. The molecule has 5 heteroatoms. The third-order valence-electron chi connectivity index (χ3n) is 3.04. The van der Waals surface area contributed by atoms with Gasteiger partial charge in [0.1, 0.15) is 0 Å². The normalized spacial score (nSPS) is 10.1. The fourth-order valence-corrected chi connectivity index (χ4v) is 2.04. The predicted molar refractivity (Wildman–Crippen MR) is 78.6 cm³/mol. The molecule has 0 radical (unpaired) electrons. The second-order valence-corrected chi connectivity index (χ2v) is 4.62. The Morgan fingerprint density at radius 3 is 2.26 bits per heavy atom. The standard InChI is InChI=1S/C14H22N4O/c1-5-9-18(14(19)17(4)13(15)16)12-10(2)7-6-8-11(12)3/h6-8H,5,9H2,1-4H3,(H3,15,16). The number of nitrogens with two attached hydrogens (primary N) is 1. The first-order valence-corrected chi connectivity index (χ1v) is 6.35. The number of para-hydroxylation sites is 1. The zero-order valence-electron chi connectivity index (χ0n) is 12.0. The average molecular weight is 262 g/mol. The molecular formula is C14H22N4O. The predicted octanol–water partition coefficient (Wildman–Crippen LogP) is 2.47. The monoisotopic (exact) mass is 262 g/mol. The SMILES string of the molecule is CCCN(C(=O)N(C)C(=N)N)c1c(C)cccc1C. The van der Waals surface area contributed by atoms with Crippen molar-refractivity contribution in [3.05, 3.63) is 29.3 Å². The summed E-state index contributed by atoms with van der Waals surface area (Å²) < 4.78 is 0. The second kappa shape index (κ2) is 6.22. The Hall–Kier alpha value is -2.04. The average Bonchev–Trinajstić information content (AvgIpc) is 2.35. The minimum Gasteiger partial charge on any atom is -0.370 e. The zero-order chi connectivity index (χ0) is 14.6. The smallest absolute Gasteiger partial charge is 0.331 e. The second-order valence-electron chi connectivity index (χ2n) is 4.62. The largest absolute Gasteiger partial charge is 0.370 e.